The third-order valence-corrected chi connectivity index (χ3v) is 1.98. The van der Waals surface area contributed by atoms with Gasteiger partial charge in [0.15, 0.2) is 0 Å². The second-order valence-corrected chi connectivity index (χ2v) is 3.32. The molecule has 1 heterocycles. The summed E-state index contributed by atoms with van der Waals surface area (Å²) in [7, 11) is 0. The third kappa shape index (κ3) is 1.77. The molecule has 1 rings (SSSR count). The van der Waals surface area contributed by atoms with E-state index in [9.17, 15) is 4.79 Å². The lowest BCUT2D eigenvalue weighted by atomic mass is 10.1. The van der Waals surface area contributed by atoms with Crippen LogP contribution in [0.25, 0.3) is 0 Å². The van der Waals surface area contributed by atoms with Crippen LogP contribution in [0.1, 0.15) is 19.5 Å². The summed E-state index contributed by atoms with van der Waals surface area (Å²) in [6.45, 7) is 4.05. The van der Waals surface area contributed by atoms with E-state index in [2.05, 4.69) is 4.98 Å². The first-order chi connectivity index (χ1) is 5.17. The predicted molar refractivity (Wildman–Crippen MR) is 42.3 cm³/mol. The largest absolute Gasteiger partial charge is 0.455 e. The van der Waals surface area contributed by atoms with Crippen LogP contribution in [0, 0.1) is 0 Å². The molecule has 0 aliphatic carbocycles. The van der Waals surface area contributed by atoms with Crippen LogP contribution in [-0.4, -0.2) is 11.5 Å². The quantitative estimate of drug-likeness (QED) is 0.648. The van der Waals surface area contributed by atoms with Gasteiger partial charge in [0.2, 0.25) is 0 Å². The number of hydrogen-bond donors (Lipinski definition) is 0. The van der Waals surface area contributed by atoms with E-state index in [1.807, 2.05) is 5.38 Å². The number of ether oxygens (including phenoxy) is 1. The minimum absolute atomic E-state index is 0.444. The summed E-state index contributed by atoms with van der Waals surface area (Å²) in [6, 6.07) is 0. The van der Waals surface area contributed by atoms with Crippen LogP contribution in [0.3, 0.4) is 0 Å². The number of aromatic nitrogens is 1. The Kier molecular flexibility index (Phi) is 2.24. The fraction of sp³-hybridized carbons (Fsp3) is 0.429. The van der Waals surface area contributed by atoms with Crippen molar-refractivity contribution in [2.75, 3.05) is 0 Å². The number of hydrogen-bond acceptors (Lipinski definition) is 4. The Bertz CT molecular complexity index is 231. The maximum absolute atomic E-state index is 10.1. The molecule has 0 spiro atoms. The molecule has 0 saturated carbocycles. The molecule has 0 aromatic carbocycles. The van der Waals surface area contributed by atoms with Gasteiger partial charge < -0.3 is 4.74 Å². The van der Waals surface area contributed by atoms with Crippen LogP contribution < -0.4 is 0 Å². The van der Waals surface area contributed by atoms with Crippen molar-refractivity contribution in [2.45, 2.75) is 19.4 Å². The molecule has 3 nitrogen and oxygen atoms in total. The Labute approximate surface area is 69.0 Å². The molecule has 0 N–H and O–H groups in total. The summed E-state index contributed by atoms with van der Waals surface area (Å²) in [4.78, 5) is 14.1. The molecule has 0 amide bonds. The lowest BCUT2D eigenvalue weighted by Crippen LogP contribution is -2.21. The Morgan fingerprint density at radius 1 is 1.73 bits per heavy atom. The fourth-order valence-corrected chi connectivity index (χ4v) is 1.40. The molecular formula is C7H9NO2S. The number of thiazole rings is 1. The topological polar surface area (TPSA) is 39.2 Å². The highest BCUT2D eigenvalue weighted by Crippen LogP contribution is 2.22. The van der Waals surface area contributed by atoms with Gasteiger partial charge in [0.05, 0.1) is 11.2 Å². The summed E-state index contributed by atoms with van der Waals surface area (Å²) in [5.41, 5.74) is 1.90. The number of rotatable bonds is 3. The van der Waals surface area contributed by atoms with Crippen molar-refractivity contribution >= 4 is 17.8 Å². The maximum Gasteiger partial charge on any atom is 0.294 e. The molecule has 0 aliphatic rings. The van der Waals surface area contributed by atoms with Crippen LogP contribution in [0.2, 0.25) is 0 Å². The normalized spacial score (nSPS) is 11.1. The van der Waals surface area contributed by atoms with Gasteiger partial charge in [-0.2, -0.15) is 0 Å². The number of carbonyl (C=O) groups excluding carboxylic acids is 1. The van der Waals surface area contributed by atoms with Gasteiger partial charge in [0, 0.05) is 5.38 Å². The Hall–Kier alpha value is -0.900. The highest BCUT2D eigenvalue weighted by atomic mass is 32.1. The van der Waals surface area contributed by atoms with Gasteiger partial charge in [-0.1, -0.05) is 0 Å². The van der Waals surface area contributed by atoms with Crippen LogP contribution >= 0.6 is 11.3 Å². The zero-order valence-electron chi connectivity index (χ0n) is 6.40. The number of nitrogens with zero attached hydrogens (tertiary/aromatic N) is 1. The molecule has 4 heteroatoms. The molecule has 0 unspecified atom stereocenters. The minimum atomic E-state index is -0.595. The van der Waals surface area contributed by atoms with Gasteiger partial charge in [-0.3, -0.25) is 4.79 Å². The first-order valence-corrected chi connectivity index (χ1v) is 4.11. The van der Waals surface area contributed by atoms with E-state index < -0.39 is 5.60 Å². The Morgan fingerprint density at radius 2 is 2.45 bits per heavy atom. The van der Waals surface area contributed by atoms with Crippen molar-refractivity contribution in [3.63, 3.8) is 0 Å². The van der Waals surface area contributed by atoms with Gasteiger partial charge in [-0.15, -0.1) is 11.3 Å². The summed E-state index contributed by atoms with van der Waals surface area (Å²) < 4.78 is 4.84. The molecule has 0 saturated heterocycles. The van der Waals surface area contributed by atoms with Gasteiger partial charge >= 0.3 is 0 Å². The molecule has 0 bridgehead atoms. The van der Waals surface area contributed by atoms with Crippen LogP contribution in [0.5, 0.6) is 0 Å². The summed E-state index contributed by atoms with van der Waals surface area (Å²) in [6.07, 6.45) is 0. The van der Waals surface area contributed by atoms with Crippen molar-refractivity contribution in [2.24, 2.45) is 0 Å². The molecule has 0 radical (unpaired) electrons. The lowest BCUT2D eigenvalue weighted by Gasteiger charge is -2.19. The van der Waals surface area contributed by atoms with E-state index in [0.29, 0.717) is 6.47 Å². The second kappa shape index (κ2) is 3.00. The minimum Gasteiger partial charge on any atom is -0.455 e. The molecule has 0 aliphatic heterocycles. The standard InChI is InChI=1S/C7H9NO2S/c1-7(2,10-5-9)6-3-11-4-8-6/h3-5H,1-2H3. The summed E-state index contributed by atoms with van der Waals surface area (Å²) in [5.74, 6) is 0. The lowest BCUT2D eigenvalue weighted by molar-refractivity contribution is -0.141. The van der Waals surface area contributed by atoms with Crippen molar-refractivity contribution in [1.29, 1.82) is 0 Å². The Balaban J connectivity index is 2.81. The molecule has 11 heavy (non-hydrogen) atoms. The maximum atomic E-state index is 10.1. The van der Waals surface area contributed by atoms with Gasteiger partial charge in [0.25, 0.3) is 6.47 Å². The zero-order valence-corrected chi connectivity index (χ0v) is 7.22. The van der Waals surface area contributed by atoms with Crippen molar-refractivity contribution in [3.8, 4) is 0 Å². The highest BCUT2D eigenvalue weighted by Gasteiger charge is 2.23. The second-order valence-electron chi connectivity index (χ2n) is 2.60. The number of carbonyl (C=O) groups is 1. The average Bonchev–Trinajstić information content (AvgIpc) is 2.37. The van der Waals surface area contributed by atoms with Crippen LogP contribution in [0.4, 0.5) is 0 Å². The van der Waals surface area contributed by atoms with Crippen LogP contribution in [-0.2, 0) is 15.1 Å². The van der Waals surface area contributed by atoms with Crippen molar-refractivity contribution in [1.82, 2.24) is 4.98 Å². The van der Waals surface area contributed by atoms with Crippen molar-refractivity contribution < 1.29 is 9.53 Å². The molecule has 1 aromatic rings. The molecule has 0 fully saturated rings. The molecule has 1 aromatic heterocycles. The van der Waals surface area contributed by atoms with Crippen LogP contribution in [0.15, 0.2) is 10.9 Å². The average molecular weight is 171 g/mol. The van der Waals surface area contributed by atoms with Gasteiger partial charge in [-0.05, 0) is 13.8 Å². The SMILES string of the molecule is CC(C)(OC=O)c1cscn1. The smallest absolute Gasteiger partial charge is 0.294 e. The van der Waals surface area contributed by atoms with E-state index in [0.717, 1.165) is 5.69 Å². The van der Waals surface area contributed by atoms with Crippen molar-refractivity contribution in [3.05, 3.63) is 16.6 Å². The monoisotopic (exact) mass is 171 g/mol. The van der Waals surface area contributed by atoms with E-state index in [-0.39, 0.29) is 0 Å². The molecule has 0 atom stereocenters. The summed E-state index contributed by atoms with van der Waals surface area (Å²) in [5, 5.41) is 1.86. The van der Waals surface area contributed by atoms with E-state index in [4.69, 9.17) is 4.74 Å². The summed E-state index contributed by atoms with van der Waals surface area (Å²) >= 11 is 1.49. The van der Waals surface area contributed by atoms with E-state index >= 15 is 0 Å². The third-order valence-electron chi connectivity index (χ3n) is 1.39. The van der Waals surface area contributed by atoms with Gasteiger partial charge in [0.1, 0.15) is 5.60 Å². The van der Waals surface area contributed by atoms with E-state index in [1.54, 1.807) is 19.4 Å². The fourth-order valence-electron chi connectivity index (χ4n) is 0.691. The first-order valence-electron chi connectivity index (χ1n) is 3.17. The Morgan fingerprint density at radius 3 is 2.91 bits per heavy atom. The predicted octanol–water partition coefficient (Wildman–Crippen LogP) is 1.55. The molecular weight excluding hydrogens is 162 g/mol. The van der Waals surface area contributed by atoms with Gasteiger partial charge in [-0.25, -0.2) is 4.98 Å². The highest BCUT2D eigenvalue weighted by molar-refractivity contribution is 7.07. The molecule has 60 valence electrons. The first kappa shape index (κ1) is 8.20. The zero-order chi connectivity index (χ0) is 8.32. The van der Waals surface area contributed by atoms with E-state index in [1.165, 1.54) is 11.3 Å².